The van der Waals surface area contributed by atoms with Crippen molar-refractivity contribution in [1.82, 2.24) is 15.1 Å². The summed E-state index contributed by atoms with van der Waals surface area (Å²) in [4.78, 5) is 12.0. The predicted octanol–water partition coefficient (Wildman–Crippen LogP) is 2.70. The molecule has 1 aromatic heterocycles. The molecule has 2 amide bonds. The lowest BCUT2D eigenvalue weighted by Gasteiger charge is -2.19. The molecule has 23 heavy (non-hydrogen) atoms. The normalized spacial score (nSPS) is 18.6. The van der Waals surface area contributed by atoms with Crippen molar-refractivity contribution in [2.45, 2.75) is 31.9 Å². The number of amides is 2. The number of carbonyl (C=O) groups excluding carboxylic acids is 1. The minimum absolute atomic E-state index is 0.0573. The summed E-state index contributed by atoms with van der Waals surface area (Å²) in [7, 11) is 0. The number of hydrogen-bond acceptors (Lipinski definition) is 3. The number of aromatic nitrogens is 2. The summed E-state index contributed by atoms with van der Waals surface area (Å²) < 4.78 is 20.6. The second-order valence-corrected chi connectivity index (χ2v) is 5.56. The second kappa shape index (κ2) is 6.78. The first-order valence-corrected chi connectivity index (χ1v) is 7.62. The van der Waals surface area contributed by atoms with E-state index in [0.29, 0.717) is 11.4 Å². The summed E-state index contributed by atoms with van der Waals surface area (Å²) in [5, 5.41) is 9.61. The van der Waals surface area contributed by atoms with E-state index in [9.17, 15) is 9.18 Å². The summed E-state index contributed by atoms with van der Waals surface area (Å²) in [6.07, 6.45) is 5.07. The van der Waals surface area contributed by atoms with E-state index in [1.165, 1.54) is 16.9 Å². The monoisotopic (exact) mass is 318 g/mol. The number of anilines is 1. The lowest BCUT2D eigenvalue weighted by Crippen LogP contribution is -2.42. The number of halogens is 1. The molecule has 6 nitrogen and oxygen atoms in total. The number of nitrogens with one attached hydrogen (secondary N) is 2. The van der Waals surface area contributed by atoms with E-state index < -0.39 is 0 Å². The van der Waals surface area contributed by atoms with Crippen molar-refractivity contribution in [3.63, 3.8) is 0 Å². The Balaban J connectivity index is 1.60. The Labute approximate surface area is 133 Å². The van der Waals surface area contributed by atoms with Crippen LogP contribution < -0.4 is 10.6 Å². The van der Waals surface area contributed by atoms with Crippen molar-refractivity contribution in [2.75, 3.05) is 11.9 Å². The highest BCUT2D eigenvalue weighted by molar-refractivity contribution is 5.89. The van der Waals surface area contributed by atoms with Gasteiger partial charge in [-0.3, -0.25) is 0 Å². The number of urea groups is 1. The summed E-state index contributed by atoms with van der Waals surface area (Å²) in [6, 6.07) is 5.91. The lowest BCUT2D eigenvalue weighted by molar-refractivity contribution is 0.0868. The van der Waals surface area contributed by atoms with Gasteiger partial charge in [-0.25, -0.2) is 13.9 Å². The Hall–Kier alpha value is -2.41. The van der Waals surface area contributed by atoms with Crippen LogP contribution in [0, 0.1) is 5.82 Å². The molecule has 0 spiro atoms. The van der Waals surface area contributed by atoms with Gasteiger partial charge in [-0.15, -0.1) is 0 Å². The maximum Gasteiger partial charge on any atom is 0.319 e. The molecule has 7 heteroatoms. The maximum absolute atomic E-state index is 13.7. The molecule has 0 unspecified atom stereocenters. The number of para-hydroxylation sites is 1. The molecule has 0 radical (unpaired) electrons. The Kier molecular flexibility index (Phi) is 4.57. The third-order valence-corrected chi connectivity index (χ3v) is 3.82. The van der Waals surface area contributed by atoms with Gasteiger partial charge in [-0.1, -0.05) is 12.1 Å². The summed E-state index contributed by atoms with van der Waals surface area (Å²) in [6.45, 7) is 2.66. The van der Waals surface area contributed by atoms with E-state index in [-0.39, 0.29) is 24.0 Å². The van der Waals surface area contributed by atoms with Gasteiger partial charge in [-0.05, 0) is 31.9 Å². The molecule has 0 aliphatic carbocycles. The first-order chi connectivity index (χ1) is 11.1. The molecule has 2 atom stereocenters. The van der Waals surface area contributed by atoms with Gasteiger partial charge >= 0.3 is 6.03 Å². The van der Waals surface area contributed by atoms with E-state index in [1.807, 2.05) is 6.92 Å². The highest BCUT2D eigenvalue weighted by Gasteiger charge is 2.23. The van der Waals surface area contributed by atoms with Gasteiger partial charge in [0.05, 0.1) is 30.2 Å². The maximum atomic E-state index is 13.7. The molecule has 1 aliphatic heterocycles. The van der Waals surface area contributed by atoms with E-state index >= 15 is 0 Å². The molecule has 0 bridgehead atoms. The fraction of sp³-hybridized carbons (Fsp3) is 0.375. The van der Waals surface area contributed by atoms with Crippen LogP contribution in [-0.2, 0) is 4.74 Å². The van der Waals surface area contributed by atoms with Gasteiger partial charge in [0.15, 0.2) is 0 Å². The van der Waals surface area contributed by atoms with Crippen molar-refractivity contribution in [3.05, 3.63) is 42.5 Å². The van der Waals surface area contributed by atoms with Gasteiger partial charge in [0.1, 0.15) is 11.5 Å². The van der Waals surface area contributed by atoms with Crippen LogP contribution in [0.5, 0.6) is 0 Å². The largest absolute Gasteiger partial charge is 0.376 e. The first kappa shape index (κ1) is 15.5. The molecule has 122 valence electrons. The molecule has 0 saturated carbocycles. The van der Waals surface area contributed by atoms with E-state index in [0.717, 1.165) is 19.4 Å². The van der Waals surface area contributed by atoms with Crippen molar-refractivity contribution in [3.8, 4) is 5.69 Å². The SMILES string of the molecule is C[C@@H](NC(=O)Nc1cnn(-c2ccccc2F)c1)[C@H]1CCCO1. The van der Waals surface area contributed by atoms with Gasteiger partial charge < -0.3 is 15.4 Å². The minimum atomic E-state index is -0.376. The van der Waals surface area contributed by atoms with Crippen LogP contribution in [-0.4, -0.2) is 34.6 Å². The zero-order chi connectivity index (χ0) is 16.2. The second-order valence-electron chi connectivity index (χ2n) is 5.56. The zero-order valence-corrected chi connectivity index (χ0v) is 12.8. The van der Waals surface area contributed by atoms with Gasteiger partial charge in [-0.2, -0.15) is 5.10 Å². The van der Waals surface area contributed by atoms with Crippen LogP contribution in [0.25, 0.3) is 5.69 Å². The number of carbonyl (C=O) groups is 1. The molecular formula is C16H19FN4O2. The summed E-state index contributed by atoms with van der Waals surface area (Å²) in [5.74, 6) is -0.376. The smallest absolute Gasteiger partial charge is 0.319 e. The number of benzene rings is 1. The third kappa shape index (κ3) is 3.68. The van der Waals surface area contributed by atoms with Crippen molar-refractivity contribution < 1.29 is 13.9 Å². The first-order valence-electron chi connectivity index (χ1n) is 7.62. The van der Waals surface area contributed by atoms with Gasteiger partial charge in [0.2, 0.25) is 0 Å². The molecule has 1 fully saturated rings. The molecule has 3 rings (SSSR count). The predicted molar refractivity (Wildman–Crippen MR) is 84.1 cm³/mol. The highest BCUT2D eigenvalue weighted by atomic mass is 19.1. The Bertz CT molecular complexity index is 682. The quantitative estimate of drug-likeness (QED) is 0.911. The van der Waals surface area contributed by atoms with Gasteiger partial charge in [0.25, 0.3) is 0 Å². The third-order valence-electron chi connectivity index (χ3n) is 3.82. The van der Waals surface area contributed by atoms with E-state index in [4.69, 9.17) is 4.74 Å². The molecular weight excluding hydrogens is 299 g/mol. The van der Waals surface area contributed by atoms with Crippen LogP contribution in [0.1, 0.15) is 19.8 Å². The Morgan fingerprint density at radius 1 is 1.48 bits per heavy atom. The Morgan fingerprint density at radius 2 is 2.30 bits per heavy atom. The summed E-state index contributed by atoms with van der Waals surface area (Å²) >= 11 is 0. The zero-order valence-electron chi connectivity index (χ0n) is 12.8. The molecule has 1 aromatic carbocycles. The van der Waals surface area contributed by atoms with Crippen molar-refractivity contribution in [2.24, 2.45) is 0 Å². The fourth-order valence-electron chi connectivity index (χ4n) is 2.62. The van der Waals surface area contributed by atoms with Crippen LogP contribution in [0.2, 0.25) is 0 Å². The van der Waals surface area contributed by atoms with E-state index in [1.54, 1.807) is 24.4 Å². The van der Waals surface area contributed by atoms with Gasteiger partial charge in [0, 0.05) is 6.61 Å². The highest BCUT2D eigenvalue weighted by Crippen LogP contribution is 2.16. The number of rotatable bonds is 4. The molecule has 2 aromatic rings. The average molecular weight is 318 g/mol. The Morgan fingerprint density at radius 3 is 3.04 bits per heavy atom. The average Bonchev–Trinajstić information content (AvgIpc) is 3.19. The number of nitrogens with zero attached hydrogens (tertiary/aromatic N) is 2. The minimum Gasteiger partial charge on any atom is -0.376 e. The summed E-state index contributed by atoms with van der Waals surface area (Å²) in [5.41, 5.74) is 0.818. The number of hydrogen-bond donors (Lipinski definition) is 2. The van der Waals surface area contributed by atoms with Crippen molar-refractivity contribution in [1.29, 1.82) is 0 Å². The number of ether oxygens (including phenoxy) is 1. The molecule has 1 saturated heterocycles. The van der Waals surface area contributed by atoms with Crippen molar-refractivity contribution >= 4 is 11.7 Å². The fourth-order valence-corrected chi connectivity index (χ4v) is 2.62. The standard InChI is InChI=1S/C16H19FN4O2/c1-11(15-7-4-8-23-15)19-16(22)20-12-9-18-21(10-12)14-6-3-2-5-13(14)17/h2-3,5-6,9-11,15H,4,7-8H2,1H3,(H2,19,20,22)/t11-,15-/m1/s1. The van der Waals surface area contributed by atoms with Crippen LogP contribution >= 0.6 is 0 Å². The lowest BCUT2D eigenvalue weighted by atomic mass is 10.1. The topological polar surface area (TPSA) is 68.2 Å². The van der Waals surface area contributed by atoms with E-state index in [2.05, 4.69) is 15.7 Å². The molecule has 1 aliphatic rings. The van der Waals surface area contributed by atoms with Crippen LogP contribution in [0.4, 0.5) is 14.9 Å². The molecule has 2 N–H and O–H groups in total. The van der Waals surface area contributed by atoms with Crippen LogP contribution in [0.15, 0.2) is 36.7 Å². The molecule has 2 heterocycles. The van der Waals surface area contributed by atoms with Crippen LogP contribution in [0.3, 0.4) is 0 Å².